The fourth-order valence-corrected chi connectivity index (χ4v) is 3.80. The van der Waals surface area contributed by atoms with Gasteiger partial charge in [0.05, 0.1) is 12.1 Å². The predicted molar refractivity (Wildman–Crippen MR) is 62.6 cm³/mol. The van der Waals surface area contributed by atoms with E-state index in [1.54, 1.807) is 12.1 Å². The summed E-state index contributed by atoms with van der Waals surface area (Å²) < 4.78 is 25.3. The minimum atomic E-state index is -3.70. The Kier molecular flexibility index (Phi) is 2.63. The van der Waals surface area contributed by atoms with E-state index in [9.17, 15) is 13.2 Å². The lowest BCUT2D eigenvalue weighted by Gasteiger charge is -2.11. The van der Waals surface area contributed by atoms with Gasteiger partial charge in [0.15, 0.2) is 0 Å². The Bertz CT molecular complexity index is 580. The summed E-state index contributed by atoms with van der Waals surface area (Å²) in [5, 5.41) is 0. The second-order valence-corrected chi connectivity index (χ2v) is 5.93. The van der Waals surface area contributed by atoms with Crippen molar-refractivity contribution in [3.63, 3.8) is 0 Å². The molecule has 0 aromatic heterocycles. The van der Waals surface area contributed by atoms with Gasteiger partial charge >= 0.3 is 0 Å². The number of halogens is 1. The molecule has 1 heterocycles. The number of hydrogen-bond acceptors (Lipinski definition) is 3. The van der Waals surface area contributed by atoms with Crippen LogP contribution in [0.3, 0.4) is 0 Å². The zero-order valence-corrected chi connectivity index (χ0v) is 10.6. The van der Waals surface area contributed by atoms with Crippen molar-refractivity contribution in [2.75, 3.05) is 6.54 Å². The number of carbonyl (C=O) groups excluding carboxylic acids is 1. The highest BCUT2D eigenvalue weighted by molar-refractivity contribution is 9.10. The van der Waals surface area contributed by atoms with E-state index in [-0.39, 0.29) is 17.0 Å². The van der Waals surface area contributed by atoms with Crippen molar-refractivity contribution in [1.82, 2.24) is 4.31 Å². The van der Waals surface area contributed by atoms with Crippen molar-refractivity contribution in [3.05, 3.63) is 40.9 Å². The highest BCUT2D eigenvalue weighted by Gasteiger charge is 2.41. The van der Waals surface area contributed by atoms with Gasteiger partial charge in [-0.25, -0.2) is 12.7 Å². The number of fused-ring (bicyclic) bond motifs is 1. The van der Waals surface area contributed by atoms with Gasteiger partial charge in [0, 0.05) is 4.47 Å². The van der Waals surface area contributed by atoms with E-state index in [0.29, 0.717) is 4.47 Å². The number of hydrogen-bond donors (Lipinski definition) is 0. The zero-order chi connectivity index (χ0) is 11.9. The Morgan fingerprint density at radius 3 is 2.69 bits per heavy atom. The molecule has 4 nitrogen and oxygen atoms in total. The second kappa shape index (κ2) is 3.71. The van der Waals surface area contributed by atoms with E-state index in [2.05, 4.69) is 22.5 Å². The van der Waals surface area contributed by atoms with Gasteiger partial charge in [-0.15, -0.1) is 6.58 Å². The number of amides is 1. The van der Waals surface area contributed by atoms with Crippen molar-refractivity contribution >= 4 is 31.9 Å². The number of rotatable bonds is 2. The van der Waals surface area contributed by atoms with Crippen molar-refractivity contribution in [1.29, 1.82) is 0 Å². The van der Waals surface area contributed by atoms with E-state index in [1.165, 1.54) is 12.1 Å². The van der Waals surface area contributed by atoms with Crippen LogP contribution in [0.1, 0.15) is 10.4 Å². The predicted octanol–water partition coefficient (Wildman–Crippen LogP) is 1.78. The lowest BCUT2D eigenvalue weighted by atomic mass is 10.2. The van der Waals surface area contributed by atoms with Crippen LogP contribution in [0.2, 0.25) is 0 Å². The third-order valence-electron chi connectivity index (χ3n) is 2.28. The third kappa shape index (κ3) is 1.41. The topological polar surface area (TPSA) is 54.5 Å². The van der Waals surface area contributed by atoms with Gasteiger partial charge in [-0.3, -0.25) is 4.79 Å². The van der Waals surface area contributed by atoms with Crippen molar-refractivity contribution in [2.45, 2.75) is 4.90 Å². The molecule has 0 saturated heterocycles. The van der Waals surface area contributed by atoms with Crippen molar-refractivity contribution in [2.24, 2.45) is 0 Å². The monoisotopic (exact) mass is 301 g/mol. The van der Waals surface area contributed by atoms with Gasteiger partial charge in [0.1, 0.15) is 4.90 Å². The second-order valence-electron chi connectivity index (χ2n) is 3.24. The van der Waals surface area contributed by atoms with E-state index in [0.717, 1.165) is 4.31 Å². The molecule has 0 fully saturated rings. The van der Waals surface area contributed by atoms with Crippen molar-refractivity contribution < 1.29 is 13.2 Å². The fraction of sp³-hybridized carbons (Fsp3) is 0.100. The number of benzene rings is 1. The molecule has 1 aromatic rings. The van der Waals surface area contributed by atoms with Crippen LogP contribution in [-0.2, 0) is 10.0 Å². The van der Waals surface area contributed by atoms with Crippen molar-refractivity contribution in [3.8, 4) is 0 Å². The molecule has 6 heteroatoms. The standard InChI is InChI=1S/C10H8BrNO3S/c1-2-6-12-10(13)9-7(11)4-3-5-8(9)16(12,14)15/h2-5H,1,6H2. The molecule has 84 valence electrons. The first-order valence-electron chi connectivity index (χ1n) is 4.46. The maximum absolute atomic E-state index is 12.0. The SMILES string of the molecule is C=CCN1C(=O)c2c(Br)cccc2S1(=O)=O. The van der Waals surface area contributed by atoms with Gasteiger partial charge in [-0.05, 0) is 28.1 Å². The van der Waals surface area contributed by atoms with Gasteiger partial charge in [0.2, 0.25) is 0 Å². The first-order valence-corrected chi connectivity index (χ1v) is 6.70. The molecule has 1 amide bonds. The summed E-state index contributed by atoms with van der Waals surface area (Å²) in [4.78, 5) is 11.9. The Balaban J connectivity index is 2.72. The summed E-state index contributed by atoms with van der Waals surface area (Å²) in [7, 11) is -3.70. The minimum absolute atomic E-state index is 0.0116. The maximum Gasteiger partial charge on any atom is 0.270 e. The molecule has 2 rings (SSSR count). The maximum atomic E-state index is 12.0. The lowest BCUT2D eigenvalue weighted by Crippen LogP contribution is -2.30. The van der Waals surface area contributed by atoms with Crippen LogP contribution in [-0.4, -0.2) is 25.2 Å². The normalized spacial score (nSPS) is 17.3. The first-order chi connectivity index (χ1) is 7.50. The Morgan fingerprint density at radius 1 is 1.44 bits per heavy atom. The third-order valence-corrected chi connectivity index (χ3v) is 4.73. The molecular formula is C10H8BrNO3S. The summed E-state index contributed by atoms with van der Waals surface area (Å²) in [6.07, 6.45) is 1.38. The lowest BCUT2D eigenvalue weighted by molar-refractivity contribution is 0.0880. The average Bonchev–Trinajstić information content (AvgIpc) is 2.41. The molecule has 0 bridgehead atoms. The largest absolute Gasteiger partial charge is 0.270 e. The molecule has 1 aromatic carbocycles. The molecule has 0 saturated carbocycles. The molecule has 16 heavy (non-hydrogen) atoms. The molecule has 0 radical (unpaired) electrons. The van der Waals surface area contributed by atoms with E-state index >= 15 is 0 Å². The van der Waals surface area contributed by atoms with Crippen LogP contribution >= 0.6 is 15.9 Å². The van der Waals surface area contributed by atoms with Crippen LogP contribution in [0.4, 0.5) is 0 Å². The van der Waals surface area contributed by atoms with Gasteiger partial charge in [-0.1, -0.05) is 12.1 Å². The van der Waals surface area contributed by atoms with Gasteiger partial charge in [-0.2, -0.15) is 0 Å². The number of sulfonamides is 1. The summed E-state index contributed by atoms with van der Waals surface area (Å²) in [5.74, 6) is -0.512. The molecule has 1 aliphatic heterocycles. The Labute approximate surface area is 102 Å². The minimum Gasteiger partial charge on any atom is -0.268 e. The van der Waals surface area contributed by atoms with Crippen LogP contribution in [0.5, 0.6) is 0 Å². The zero-order valence-electron chi connectivity index (χ0n) is 8.18. The molecule has 1 aliphatic rings. The molecule has 0 aliphatic carbocycles. The Hall–Kier alpha value is -1.14. The summed E-state index contributed by atoms with van der Waals surface area (Å²) in [6, 6.07) is 4.66. The first kappa shape index (κ1) is 11.3. The highest BCUT2D eigenvalue weighted by Crippen LogP contribution is 2.34. The van der Waals surface area contributed by atoms with Gasteiger partial charge in [0.25, 0.3) is 15.9 Å². The molecule has 0 unspecified atom stereocenters. The summed E-state index contributed by atoms with van der Waals surface area (Å²) >= 11 is 3.18. The average molecular weight is 302 g/mol. The van der Waals surface area contributed by atoms with E-state index in [4.69, 9.17) is 0 Å². The van der Waals surface area contributed by atoms with Gasteiger partial charge < -0.3 is 0 Å². The van der Waals surface area contributed by atoms with Crippen LogP contribution < -0.4 is 0 Å². The van der Waals surface area contributed by atoms with Crippen LogP contribution in [0, 0.1) is 0 Å². The number of nitrogens with zero attached hydrogens (tertiary/aromatic N) is 1. The van der Waals surface area contributed by atoms with Crippen LogP contribution in [0.15, 0.2) is 40.2 Å². The molecule has 0 spiro atoms. The quantitative estimate of drug-likeness (QED) is 0.783. The van der Waals surface area contributed by atoms with E-state index < -0.39 is 15.9 Å². The smallest absolute Gasteiger partial charge is 0.268 e. The molecule has 0 N–H and O–H groups in total. The summed E-state index contributed by atoms with van der Waals surface area (Å²) in [5.41, 5.74) is 0.198. The Morgan fingerprint density at radius 2 is 2.12 bits per heavy atom. The van der Waals surface area contributed by atoms with Crippen LogP contribution in [0.25, 0.3) is 0 Å². The summed E-state index contributed by atoms with van der Waals surface area (Å²) in [6.45, 7) is 3.43. The number of carbonyl (C=O) groups is 1. The highest BCUT2D eigenvalue weighted by atomic mass is 79.9. The molecular weight excluding hydrogens is 294 g/mol. The van der Waals surface area contributed by atoms with E-state index in [1.807, 2.05) is 0 Å². The fourth-order valence-electron chi connectivity index (χ4n) is 1.58. The molecule has 0 atom stereocenters.